The Morgan fingerprint density at radius 1 is 1.19 bits per heavy atom. The second-order valence-corrected chi connectivity index (χ2v) is 7.56. The Bertz CT molecular complexity index is 681. The van der Waals surface area contributed by atoms with Crippen molar-refractivity contribution in [2.24, 2.45) is 0 Å². The molecule has 5 nitrogen and oxygen atoms in total. The minimum Gasteiger partial charge on any atom is -0.460 e. The molecule has 0 saturated heterocycles. The summed E-state index contributed by atoms with van der Waals surface area (Å²) in [6.07, 6.45) is 0. The molecule has 0 aliphatic heterocycles. The number of likely N-dealkylation sites (N-methyl/N-ethyl adjacent to an activating group) is 1. The van der Waals surface area contributed by atoms with E-state index in [1.807, 2.05) is 30.3 Å². The summed E-state index contributed by atoms with van der Waals surface area (Å²) < 4.78 is 30.5. The lowest BCUT2D eigenvalue weighted by Crippen LogP contribution is -2.32. The summed E-state index contributed by atoms with van der Waals surface area (Å²) in [6.45, 7) is -0.181. The van der Waals surface area contributed by atoms with Crippen molar-refractivity contribution in [3.63, 3.8) is 0 Å². The zero-order valence-electron chi connectivity index (χ0n) is 11.4. The normalized spacial score (nSPS) is 11.5. The minimum absolute atomic E-state index is 0.132. The van der Waals surface area contributed by atoms with Crippen LogP contribution in [-0.2, 0) is 26.2 Å². The van der Waals surface area contributed by atoms with Gasteiger partial charge in [0.1, 0.15) is 17.4 Å². The lowest BCUT2D eigenvalue weighted by molar-refractivity contribution is -0.144. The van der Waals surface area contributed by atoms with Gasteiger partial charge in [-0.05, 0) is 17.0 Å². The Hall–Kier alpha value is -1.70. The van der Waals surface area contributed by atoms with Gasteiger partial charge in [-0.25, -0.2) is 8.42 Å². The number of esters is 1. The molecule has 0 atom stereocenters. The van der Waals surface area contributed by atoms with Gasteiger partial charge in [0, 0.05) is 7.05 Å². The molecule has 0 aliphatic carbocycles. The van der Waals surface area contributed by atoms with Gasteiger partial charge in [-0.1, -0.05) is 36.4 Å². The Balaban J connectivity index is 1.91. The van der Waals surface area contributed by atoms with Crippen LogP contribution in [0.3, 0.4) is 0 Å². The van der Waals surface area contributed by atoms with Gasteiger partial charge >= 0.3 is 5.97 Å². The fourth-order valence-electron chi connectivity index (χ4n) is 1.61. The standard InChI is InChI=1S/C14H15NO4S2/c1-15(21(17,18)14-8-5-9-20-14)10-13(16)19-11-12-6-3-2-4-7-12/h2-9H,10-11H2,1H3. The average Bonchev–Trinajstić information content (AvgIpc) is 3.01. The van der Waals surface area contributed by atoms with Crippen molar-refractivity contribution < 1.29 is 17.9 Å². The first-order valence-corrected chi connectivity index (χ1v) is 8.51. The van der Waals surface area contributed by atoms with Crippen LogP contribution in [0.2, 0.25) is 0 Å². The van der Waals surface area contributed by atoms with Crippen molar-refractivity contribution in [2.75, 3.05) is 13.6 Å². The molecule has 0 spiro atoms. The SMILES string of the molecule is CN(CC(=O)OCc1ccccc1)S(=O)(=O)c1cccs1. The lowest BCUT2D eigenvalue weighted by atomic mass is 10.2. The lowest BCUT2D eigenvalue weighted by Gasteiger charge is -2.15. The Labute approximate surface area is 127 Å². The van der Waals surface area contributed by atoms with E-state index in [-0.39, 0.29) is 17.4 Å². The maximum Gasteiger partial charge on any atom is 0.321 e. The van der Waals surface area contributed by atoms with Crippen LogP contribution in [0.4, 0.5) is 0 Å². The van der Waals surface area contributed by atoms with Gasteiger partial charge in [0.2, 0.25) is 0 Å². The van der Waals surface area contributed by atoms with E-state index < -0.39 is 16.0 Å². The molecule has 0 radical (unpaired) electrons. The number of rotatable bonds is 6. The van der Waals surface area contributed by atoms with Gasteiger partial charge in [-0.2, -0.15) is 4.31 Å². The van der Waals surface area contributed by atoms with Crippen LogP contribution in [0.15, 0.2) is 52.1 Å². The van der Waals surface area contributed by atoms with E-state index in [1.54, 1.807) is 11.4 Å². The number of nitrogens with zero attached hydrogens (tertiary/aromatic N) is 1. The summed E-state index contributed by atoms with van der Waals surface area (Å²) in [5, 5.41) is 1.68. The van der Waals surface area contributed by atoms with E-state index in [0.29, 0.717) is 0 Å². The number of carbonyl (C=O) groups excluding carboxylic acids is 1. The summed E-state index contributed by atoms with van der Waals surface area (Å²) in [5.74, 6) is -0.582. The summed E-state index contributed by atoms with van der Waals surface area (Å²) in [6, 6.07) is 12.4. The van der Waals surface area contributed by atoms with Gasteiger partial charge in [0.25, 0.3) is 10.0 Å². The van der Waals surface area contributed by atoms with Crippen molar-refractivity contribution in [2.45, 2.75) is 10.8 Å². The molecule has 112 valence electrons. The number of ether oxygens (including phenoxy) is 1. The van der Waals surface area contributed by atoms with Crippen molar-refractivity contribution in [3.05, 3.63) is 53.4 Å². The van der Waals surface area contributed by atoms with Crippen LogP contribution in [0.25, 0.3) is 0 Å². The summed E-state index contributed by atoms with van der Waals surface area (Å²) in [7, 11) is -2.26. The first-order valence-electron chi connectivity index (χ1n) is 6.19. The van der Waals surface area contributed by atoms with Crippen LogP contribution < -0.4 is 0 Å². The molecule has 1 aromatic carbocycles. The molecule has 0 N–H and O–H groups in total. The van der Waals surface area contributed by atoms with Crippen molar-refractivity contribution in [1.82, 2.24) is 4.31 Å². The predicted octanol–water partition coefficient (Wildman–Crippen LogP) is 2.11. The monoisotopic (exact) mass is 325 g/mol. The van der Waals surface area contributed by atoms with E-state index in [1.165, 1.54) is 13.1 Å². The Morgan fingerprint density at radius 3 is 2.52 bits per heavy atom. The highest BCUT2D eigenvalue weighted by Gasteiger charge is 2.24. The molecule has 0 fully saturated rings. The highest BCUT2D eigenvalue weighted by Crippen LogP contribution is 2.19. The highest BCUT2D eigenvalue weighted by molar-refractivity contribution is 7.91. The maximum absolute atomic E-state index is 12.1. The number of hydrogen-bond donors (Lipinski definition) is 0. The van der Waals surface area contributed by atoms with Crippen molar-refractivity contribution in [1.29, 1.82) is 0 Å². The molecule has 1 heterocycles. The first-order chi connectivity index (χ1) is 10.00. The van der Waals surface area contributed by atoms with Gasteiger partial charge in [-0.15, -0.1) is 11.3 Å². The van der Waals surface area contributed by atoms with E-state index in [0.717, 1.165) is 21.2 Å². The number of hydrogen-bond acceptors (Lipinski definition) is 5. The third kappa shape index (κ3) is 4.13. The van der Waals surface area contributed by atoms with Crippen LogP contribution in [0.1, 0.15) is 5.56 Å². The number of thiophene rings is 1. The summed E-state index contributed by atoms with van der Waals surface area (Å²) >= 11 is 1.11. The van der Waals surface area contributed by atoms with E-state index in [9.17, 15) is 13.2 Å². The molecular weight excluding hydrogens is 310 g/mol. The molecule has 2 aromatic rings. The summed E-state index contributed by atoms with van der Waals surface area (Å²) in [5.41, 5.74) is 0.856. The zero-order chi connectivity index (χ0) is 15.3. The molecular formula is C14H15NO4S2. The predicted molar refractivity (Wildman–Crippen MR) is 80.4 cm³/mol. The van der Waals surface area contributed by atoms with Gasteiger partial charge < -0.3 is 4.74 Å². The molecule has 21 heavy (non-hydrogen) atoms. The fourth-order valence-corrected chi connectivity index (χ4v) is 3.93. The number of sulfonamides is 1. The minimum atomic E-state index is -3.62. The largest absolute Gasteiger partial charge is 0.460 e. The quantitative estimate of drug-likeness (QED) is 0.763. The maximum atomic E-state index is 12.1. The zero-order valence-corrected chi connectivity index (χ0v) is 13.1. The molecule has 0 bridgehead atoms. The van der Waals surface area contributed by atoms with Crippen molar-refractivity contribution in [3.8, 4) is 0 Å². The molecule has 0 aliphatic rings. The Kier molecular flexibility index (Phi) is 5.11. The second-order valence-electron chi connectivity index (χ2n) is 4.34. The second kappa shape index (κ2) is 6.84. The van der Waals surface area contributed by atoms with Crippen LogP contribution in [-0.4, -0.2) is 32.3 Å². The average molecular weight is 325 g/mol. The smallest absolute Gasteiger partial charge is 0.321 e. The third-order valence-electron chi connectivity index (χ3n) is 2.75. The molecule has 0 unspecified atom stereocenters. The van der Waals surface area contributed by atoms with Crippen molar-refractivity contribution >= 4 is 27.3 Å². The van der Waals surface area contributed by atoms with E-state index >= 15 is 0 Å². The first kappa shape index (κ1) is 15.7. The fraction of sp³-hybridized carbons (Fsp3) is 0.214. The number of benzene rings is 1. The number of carbonyl (C=O) groups is 1. The van der Waals surface area contributed by atoms with Crippen LogP contribution in [0, 0.1) is 0 Å². The Morgan fingerprint density at radius 2 is 1.90 bits per heavy atom. The van der Waals surface area contributed by atoms with E-state index in [4.69, 9.17) is 4.74 Å². The van der Waals surface area contributed by atoms with E-state index in [2.05, 4.69) is 0 Å². The molecule has 1 aromatic heterocycles. The van der Waals surface area contributed by atoms with Gasteiger partial charge in [0.15, 0.2) is 0 Å². The third-order valence-corrected chi connectivity index (χ3v) is 5.93. The molecule has 7 heteroatoms. The van der Waals surface area contributed by atoms with Gasteiger partial charge in [-0.3, -0.25) is 4.79 Å². The van der Waals surface area contributed by atoms with Crippen LogP contribution in [0.5, 0.6) is 0 Å². The van der Waals surface area contributed by atoms with Gasteiger partial charge in [0.05, 0.1) is 0 Å². The molecule has 2 rings (SSSR count). The topological polar surface area (TPSA) is 63.7 Å². The highest BCUT2D eigenvalue weighted by atomic mass is 32.2. The molecule has 0 saturated carbocycles. The summed E-state index contributed by atoms with van der Waals surface area (Å²) in [4.78, 5) is 11.7. The molecule has 0 amide bonds. The van der Waals surface area contributed by atoms with Crippen LogP contribution >= 0.6 is 11.3 Å².